The van der Waals surface area contributed by atoms with E-state index in [2.05, 4.69) is 4.98 Å². The molecule has 27 heavy (non-hydrogen) atoms. The van der Waals surface area contributed by atoms with Crippen LogP contribution in [-0.2, 0) is 20.8 Å². The van der Waals surface area contributed by atoms with Gasteiger partial charge in [0.25, 0.3) is 6.29 Å². The summed E-state index contributed by atoms with van der Waals surface area (Å²) in [4.78, 5) is 17.8. The molecule has 7 nitrogen and oxygen atoms in total. The van der Waals surface area contributed by atoms with E-state index in [1.807, 2.05) is 6.92 Å². The van der Waals surface area contributed by atoms with Gasteiger partial charge in [-0.2, -0.15) is 0 Å². The van der Waals surface area contributed by atoms with Crippen molar-refractivity contribution in [1.29, 1.82) is 0 Å². The first kappa shape index (κ1) is 17.4. The summed E-state index contributed by atoms with van der Waals surface area (Å²) in [6, 6.07) is 5.29. The molecule has 0 aliphatic carbocycles. The van der Waals surface area contributed by atoms with Crippen molar-refractivity contribution in [3.05, 3.63) is 58.1 Å². The zero-order chi connectivity index (χ0) is 18.8. The fourth-order valence-electron chi connectivity index (χ4n) is 2.74. The number of esters is 1. The Bertz CT molecular complexity index is 997. The zero-order valence-corrected chi connectivity index (χ0v) is 15.6. The standard InChI is InChI=1S/C19H17NO6S/c1-3-22-18(21)16-13-8-12(25-9-15-11(2)20-10-27-15)4-5-14(13)26-17(16)19-23-6-7-24-19/h4-8,10,19H,3,9H2,1-2H3. The maximum atomic E-state index is 12.5. The number of benzene rings is 1. The van der Waals surface area contributed by atoms with E-state index in [0.29, 0.717) is 23.3 Å². The topological polar surface area (TPSA) is 80.0 Å². The minimum Gasteiger partial charge on any atom is -0.488 e. The van der Waals surface area contributed by atoms with Crippen molar-refractivity contribution in [2.45, 2.75) is 26.7 Å². The first-order chi connectivity index (χ1) is 13.2. The predicted octanol–water partition coefficient (Wildman–Crippen LogP) is 4.47. The number of thiazole rings is 1. The molecule has 0 radical (unpaired) electrons. The molecule has 1 aliphatic heterocycles. The Morgan fingerprint density at radius 1 is 1.30 bits per heavy atom. The van der Waals surface area contributed by atoms with Gasteiger partial charge in [0.1, 0.15) is 36.0 Å². The van der Waals surface area contributed by atoms with E-state index in [0.717, 1.165) is 10.6 Å². The summed E-state index contributed by atoms with van der Waals surface area (Å²) >= 11 is 1.54. The summed E-state index contributed by atoms with van der Waals surface area (Å²) in [5, 5.41) is 0.584. The van der Waals surface area contributed by atoms with Gasteiger partial charge in [0.2, 0.25) is 5.76 Å². The van der Waals surface area contributed by atoms with E-state index in [-0.39, 0.29) is 17.9 Å². The number of furan rings is 1. The molecule has 0 saturated heterocycles. The highest BCUT2D eigenvalue weighted by molar-refractivity contribution is 7.09. The molecular weight excluding hydrogens is 370 g/mol. The van der Waals surface area contributed by atoms with Crippen LogP contribution in [0.5, 0.6) is 5.75 Å². The van der Waals surface area contributed by atoms with Crippen molar-refractivity contribution >= 4 is 28.3 Å². The van der Waals surface area contributed by atoms with Crippen molar-refractivity contribution in [2.75, 3.05) is 6.61 Å². The summed E-state index contributed by atoms with van der Waals surface area (Å²) in [6.07, 6.45) is 1.98. The van der Waals surface area contributed by atoms with Crippen LogP contribution in [0.15, 0.2) is 40.7 Å². The van der Waals surface area contributed by atoms with Gasteiger partial charge in [-0.25, -0.2) is 9.78 Å². The maximum absolute atomic E-state index is 12.5. The summed E-state index contributed by atoms with van der Waals surface area (Å²) in [7, 11) is 0. The number of aryl methyl sites for hydroxylation is 1. The number of aromatic nitrogens is 1. The molecule has 0 fully saturated rings. The summed E-state index contributed by atoms with van der Waals surface area (Å²) in [5.74, 6) is 0.379. The average Bonchev–Trinajstić information content (AvgIpc) is 3.39. The lowest BCUT2D eigenvalue weighted by molar-refractivity contribution is -0.0405. The molecule has 0 unspecified atom stereocenters. The lowest BCUT2D eigenvalue weighted by Crippen LogP contribution is -2.09. The Kier molecular flexibility index (Phi) is 4.72. The Balaban J connectivity index is 1.69. The Labute approximate surface area is 159 Å². The number of hydrogen-bond donors (Lipinski definition) is 0. The van der Waals surface area contributed by atoms with Gasteiger partial charge in [-0.3, -0.25) is 0 Å². The molecule has 4 rings (SSSR count). The maximum Gasteiger partial charge on any atom is 0.342 e. The molecule has 140 valence electrons. The monoisotopic (exact) mass is 387 g/mol. The van der Waals surface area contributed by atoms with Gasteiger partial charge in [-0.15, -0.1) is 11.3 Å². The van der Waals surface area contributed by atoms with Crippen LogP contribution in [-0.4, -0.2) is 17.6 Å². The van der Waals surface area contributed by atoms with Crippen molar-refractivity contribution in [3.8, 4) is 5.75 Å². The second-order valence-electron chi connectivity index (χ2n) is 5.75. The summed E-state index contributed by atoms with van der Waals surface area (Å²) in [6.45, 7) is 4.34. The Hall–Kier alpha value is -3.00. The lowest BCUT2D eigenvalue weighted by Gasteiger charge is -2.09. The summed E-state index contributed by atoms with van der Waals surface area (Å²) < 4.78 is 27.6. The molecule has 0 bridgehead atoms. The predicted molar refractivity (Wildman–Crippen MR) is 97.4 cm³/mol. The number of carbonyl (C=O) groups is 1. The highest BCUT2D eigenvalue weighted by atomic mass is 32.1. The van der Waals surface area contributed by atoms with Crippen LogP contribution in [0.3, 0.4) is 0 Å². The van der Waals surface area contributed by atoms with Gasteiger partial charge in [0.05, 0.1) is 22.7 Å². The molecule has 1 aliphatic rings. The van der Waals surface area contributed by atoms with Gasteiger partial charge < -0.3 is 23.4 Å². The molecule has 3 heterocycles. The molecule has 1 aromatic carbocycles. The molecule has 3 aromatic rings. The van der Waals surface area contributed by atoms with Crippen molar-refractivity contribution in [1.82, 2.24) is 4.98 Å². The fourth-order valence-corrected chi connectivity index (χ4v) is 3.43. The van der Waals surface area contributed by atoms with E-state index in [9.17, 15) is 4.79 Å². The van der Waals surface area contributed by atoms with Gasteiger partial charge in [-0.1, -0.05) is 0 Å². The SMILES string of the molecule is CCOC(=O)c1c(C2OC=CO2)oc2ccc(OCc3scnc3C)cc12. The zero-order valence-electron chi connectivity index (χ0n) is 14.8. The minimum atomic E-state index is -0.819. The van der Waals surface area contributed by atoms with Gasteiger partial charge in [-0.05, 0) is 32.0 Å². The molecule has 8 heteroatoms. The molecule has 0 saturated carbocycles. The highest BCUT2D eigenvalue weighted by Gasteiger charge is 2.31. The molecular formula is C19H17NO6S. The minimum absolute atomic E-state index is 0.246. The molecule has 2 aromatic heterocycles. The number of nitrogens with zero attached hydrogens (tertiary/aromatic N) is 1. The highest BCUT2D eigenvalue weighted by Crippen LogP contribution is 2.36. The number of rotatable bonds is 6. The molecule has 0 spiro atoms. The second-order valence-corrected chi connectivity index (χ2v) is 6.68. The smallest absolute Gasteiger partial charge is 0.342 e. The van der Waals surface area contributed by atoms with Gasteiger partial charge in [0, 0.05) is 5.39 Å². The van der Waals surface area contributed by atoms with Gasteiger partial charge in [0.15, 0.2) is 0 Å². The van der Waals surface area contributed by atoms with E-state index >= 15 is 0 Å². The normalized spacial score (nSPS) is 13.6. The number of ether oxygens (including phenoxy) is 4. The first-order valence-corrected chi connectivity index (χ1v) is 9.26. The van der Waals surface area contributed by atoms with Gasteiger partial charge >= 0.3 is 5.97 Å². The van der Waals surface area contributed by atoms with Crippen LogP contribution < -0.4 is 4.74 Å². The first-order valence-electron chi connectivity index (χ1n) is 8.38. The third kappa shape index (κ3) is 3.35. The van der Waals surface area contributed by atoms with E-state index < -0.39 is 12.3 Å². The van der Waals surface area contributed by atoms with Crippen molar-refractivity contribution < 1.29 is 28.2 Å². The quantitative estimate of drug-likeness (QED) is 0.577. The largest absolute Gasteiger partial charge is 0.488 e. The van der Waals surface area contributed by atoms with Crippen molar-refractivity contribution in [3.63, 3.8) is 0 Å². The third-order valence-electron chi connectivity index (χ3n) is 4.05. The molecule has 0 N–H and O–H groups in total. The van der Waals surface area contributed by atoms with Crippen LogP contribution in [0.1, 0.15) is 39.9 Å². The number of carbonyl (C=O) groups excluding carboxylic acids is 1. The molecule has 0 amide bonds. The number of fused-ring (bicyclic) bond motifs is 1. The van der Waals surface area contributed by atoms with E-state index in [1.54, 1.807) is 30.6 Å². The van der Waals surface area contributed by atoms with Crippen LogP contribution in [0, 0.1) is 6.92 Å². The Morgan fingerprint density at radius 3 is 2.81 bits per heavy atom. The fraction of sp³-hybridized carbons (Fsp3) is 0.263. The third-order valence-corrected chi connectivity index (χ3v) is 4.96. The Morgan fingerprint density at radius 2 is 2.11 bits per heavy atom. The average molecular weight is 387 g/mol. The second kappa shape index (κ2) is 7.32. The lowest BCUT2D eigenvalue weighted by atomic mass is 10.1. The van der Waals surface area contributed by atoms with E-state index in [1.165, 1.54) is 23.9 Å². The van der Waals surface area contributed by atoms with Crippen LogP contribution in [0.2, 0.25) is 0 Å². The van der Waals surface area contributed by atoms with Crippen molar-refractivity contribution in [2.24, 2.45) is 0 Å². The van der Waals surface area contributed by atoms with Crippen LogP contribution in [0.4, 0.5) is 0 Å². The number of hydrogen-bond acceptors (Lipinski definition) is 8. The molecule has 0 atom stereocenters. The van der Waals surface area contributed by atoms with Crippen LogP contribution in [0.25, 0.3) is 11.0 Å². The summed E-state index contributed by atoms with van der Waals surface area (Å²) in [5.41, 5.74) is 3.53. The van der Waals surface area contributed by atoms with Crippen LogP contribution >= 0.6 is 11.3 Å². The van der Waals surface area contributed by atoms with E-state index in [4.69, 9.17) is 23.4 Å².